The average molecular weight is 306 g/mol. The third-order valence-corrected chi connectivity index (χ3v) is 4.27. The second kappa shape index (κ2) is 8.03. The summed E-state index contributed by atoms with van der Waals surface area (Å²) in [6.45, 7) is 8.07. The number of amides is 1. The van der Waals surface area contributed by atoms with E-state index in [1.54, 1.807) is 7.11 Å². The van der Waals surface area contributed by atoms with Crippen LogP contribution in [0.15, 0.2) is 24.3 Å². The SMILES string of the molecule is CCN(CC)C1CCN(C(=O)COc2ccccc2OC)C1. The van der Waals surface area contributed by atoms with Crippen LogP contribution >= 0.6 is 0 Å². The van der Waals surface area contributed by atoms with Crippen molar-refractivity contribution in [2.24, 2.45) is 0 Å². The van der Waals surface area contributed by atoms with Gasteiger partial charge in [-0.3, -0.25) is 9.69 Å². The van der Waals surface area contributed by atoms with Gasteiger partial charge in [0.25, 0.3) is 5.91 Å². The highest BCUT2D eigenvalue weighted by molar-refractivity contribution is 5.78. The molecule has 1 unspecified atom stereocenters. The van der Waals surface area contributed by atoms with E-state index >= 15 is 0 Å². The number of carbonyl (C=O) groups excluding carboxylic acids is 1. The molecule has 122 valence electrons. The van der Waals surface area contributed by atoms with Crippen LogP contribution in [0.3, 0.4) is 0 Å². The molecule has 0 aromatic heterocycles. The highest BCUT2D eigenvalue weighted by Crippen LogP contribution is 2.26. The van der Waals surface area contributed by atoms with Crippen molar-refractivity contribution in [3.05, 3.63) is 24.3 Å². The second-order valence-electron chi connectivity index (χ2n) is 5.44. The molecule has 0 saturated carbocycles. The summed E-state index contributed by atoms with van der Waals surface area (Å²) in [7, 11) is 1.60. The van der Waals surface area contributed by atoms with Crippen LogP contribution in [-0.4, -0.2) is 61.6 Å². The minimum absolute atomic E-state index is 0.0422. The first kappa shape index (κ1) is 16.6. The van der Waals surface area contributed by atoms with E-state index in [0.717, 1.165) is 32.6 Å². The topological polar surface area (TPSA) is 42.0 Å². The van der Waals surface area contributed by atoms with Gasteiger partial charge in [-0.25, -0.2) is 0 Å². The van der Waals surface area contributed by atoms with E-state index in [1.807, 2.05) is 29.2 Å². The number of nitrogens with zero attached hydrogens (tertiary/aromatic N) is 2. The normalized spacial score (nSPS) is 17.8. The lowest BCUT2D eigenvalue weighted by Crippen LogP contribution is -2.39. The number of benzene rings is 1. The number of para-hydroxylation sites is 2. The molecule has 0 N–H and O–H groups in total. The average Bonchev–Trinajstić information content (AvgIpc) is 3.04. The van der Waals surface area contributed by atoms with Gasteiger partial charge in [0.05, 0.1) is 7.11 Å². The zero-order valence-electron chi connectivity index (χ0n) is 13.7. The molecule has 0 spiro atoms. The van der Waals surface area contributed by atoms with Gasteiger partial charge in [-0.2, -0.15) is 0 Å². The Bertz CT molecular complexity index is 489. The van der Waals surface area contributed by atoms with E-state index in [9.17, 15) is 4.79 Å². The Labute approximate surface area is 132 Å². The molecular weight excluding hydrogens is 280 g/mol. The maximum Gasteiger partial charge on any atom is 0.260 e. The smallest absolute Gasteiger partial charge is 0.260 e. The summed E-state index contributed by atoms with van der Waals surface area (Å²) in [5, 5.41) is 0. The van der Waals surface area contributed by atoms with Gasteiger partial charge in [0.1, 0.15) is 0 Å². The number of methoxy groups -OCH3 is 1. The number of likely N-dealkylation sites (N-methyl/N-ethyl adjacent to an activating group) is 1. The number of carbonyl (C=O) groups is 1. The van der Waals surface area contributed by atoms with Gasteiger partial charge in [-0.05, 0) is 31.6 Å². The Hall–Kier alpha value is -1.75. The molecule has 1 amide bonds. The van der Waals surface area contributed by atoms with E-state index in [0.29, 0.717) is 17.5 Å². The monoisotopic (exact) mass is 306 g/mol. The van der Waals surface area contributed by atoms with Crippen molar-refractivity contribution in [1.82, 2.24) is 9.80 Å². The zero-order chi connectivity index (χ0) is 15.9. The standard InChI is InChI=1S/C17H26N2O3/c1-4-18(5-2)14-10-11-19(12-14)17(20)13-22-16-9-7-6-8-15(16)21-3/h6-9,14H,4-5,10-13H2,1-3H3. The van der Waals surface area contributed by atoms with Gasteiger partial charge in [-0.15, -0.1) is 0 Å². The minimum atomic E-state index is 0.0422. The van der Waals surface area contributed by atoms with Crippen LogP contribution in [0, 0.1) is 0 Å². The fraction of sp³-hybridized carbons (Fsp3) is 0.588. The predicted octanol–water partition coefficient (Wildman–Crippen LogP) is 2.02. The molecule has 5 heteroatoms. The molecule has 1 aliphatic heterocycles. The Morgan fingerprint density at radius 3 is 2.59 bits per heavy atom. The molecule has 1 fully saturated rings. The van der Waals surface area contributed by atoms with Gasteiger partial charge in [0.15, 0.2) is 18.1 Å². The van der Waals surface area contributed by atoms with Crippen molar-refractivity contribution < 1.29 is 14.3 Å². The van der Waals surface area contributed by atoms with E-state index in [2.05, 4.69) is 18.7 Å². The van der Waals surface area contributed by atoms with Crippen molar-refractivity contribution in [2.75, 3.05) is 39.9 Å². The van der Waals surface area contributed by atoms with Crippen LogP contribution in [0.1, 0.15) is 20.3 Å². The van der Waals surface area contributed by atoms with Gasteiger partial charge in [0.2, 0.25) is 0 Å². The van der Waals surface area contributed by atoms with Crippen molar-refractivity contribution in [3.63, 3.8) is 0 Å². The number of rotatable bonds is 7. The molecule has 1 aromatic rings. The molecule has 1 atom stereocenters. The summed E-state index contributed by atoms with van der Waals surface area (Å²) in [4.78, 5) is 16.6. The molecule has 1 heterocycles. The Morgan fingerprint density at radius 1 is 1.27 bits per heavy atom. The summed E-state index contributed by atoms with van der Waals surface area (Å²) in [5.74, 6) is 1.30. The molecule has 1 aromatic carbocycles. The molecule has 0 bridgehead atoms. The van der Waals surface area contributed by atoms with Crippen molar-refractivity contribution in [1.29, 1.82) is 0 Å². The first-order chi connectivity index (χ1) is 10.7. The van der Waals surface area contributed by atoms with Gasteiger partial charge >= 0.3 is 0 Å². The van der Waals surface area contributed by atoms with Crippen molar-refractivity contribution in [2.45, 2.75) is 26.3 Å². The molecule has 2 rings (SSSR count). The van der Waals surface area contributed by atoms with Gasteiger partial charge in [-0.1, -0.05) is 26.0 Å². The maximum absolute atomic E-state index is 12.3. The number of hydrogen-bond acceptors (Lipinski definition) is 4. The van der Waals surface area contributed by atoms with E-state index in [1.165, 1.54) is 0 Å². The lowest BCUT2D eigenvalue weighted by atomic mass is 10.2. The van der Waals surface area contributed by atoms with Gasteiger partial charge < -0.3 is 14.4 Å². The summed E-state index contributed by atoms with van der Waals surface area (Å²) in [5.41, 5.74) is 0. The highest BCUT2D eigenvalue weighted by atomic mass is 16.5. The van der Waals surface area contributed by atoms with Crippen molar-refractivity contribution in [3.8, 4) is 11.5 Å². The molecule has 0 radical (unpaired) electrons. The number of hydrogen-bond donors (Lipinski definition) is 0. The molecule has 1 saturated heterocycles. The quantitative estimate of drug-likeness (QED) is 0.773. The highest BCUT2D eigenvalue weighted by Gasteiger charge is 2.29. The van der Waals surface area contributed by atoms with E-state index < -0.39 is 0 Å². The van der Waals surface area contributed by atoms with E-state index in [4.69, 9.17) is 9.47 Å². The third-order valence-electron chi connectivity index (χ3n) is 4.27. The summed E-state index contributed by atoms with van der Waals surface area (Å²) in [6.07, 6.45) is 1.04. The number of likely N-dealkylation sites (tertiary alicyclic amines) is 1. The Balaban J connectivity index is 1.86. The van der Waals surface area contributed by atoms with Crippen LogP contribution in [0.4, 0.5) is 0 Å². The number of ether oxygens (including phenoxy) is 2. The summed E-state index contributed by atoms with van der Waals surface area (Å²) in [6, 6.07) is 7.86. The molecular formula is C17H26N2O3. The third kappa shape index (κ3) is 3.91. The first-order valence-corrected chi connectivity index (χ1v) is 7.97. The minimum Gasteiger partial charge on any atom is -0.493 e. The van der Waals surface area contributed by atoms with Gasteiger partial charge in [0, 0.05) is 19.1 Å². The molecule has 0 aliphatic carbocycles. The maximum atomic E-state index is 12.3. The lowest BCUT2D eigenvalue weighted by molar-refractivity contribution is -0.132. The molecule has 1 aliphatic rings. The van der Waals surface area contributed by atoms with Crippen LogP contribution in [0.2, 0.25) is 0 Å². The van der Waals surface area contributed by atoms with Crippen LogP contribution in [0.25, 0.3) is 0 Å². The fourth-order valence-electron chi connectivity index (χ4n) is 2.98. The first-order valence-electron chi connectivity index (χ1n) is 7.97. The zero-order valence-corrected chi connectivity index (χ0v) is 13.7. The largest absolute Gasteiger partial charge is 0.493 e. The van der Waals surface area contributed by atoms with Crippen LogP contribution in [0.5, 0.6) is 11.5 Å². The summed E-state index contributed by atoms with van der Waals surface area (Å²) < 4.78 is 10.8. The predicted molar refractivity (Wildman–Crippen MR) is 86.4 cm³/mol. The fourth-order valence-corrected chi connectivity index (χ4v) is 2.98. The molecule has 22 heavy (non-hydrogen) atoms. The molecule has 5 nitrogen and oxygen atoms in total. The Morgan fingerprint density at radius 2 is 1.95 bits per heavy atom. The van der Waals surface area contributed by atoms with Crippen LogP contribution < -0.4 is 9.47 Å². The van der Waals surface area contributed by atoms with E-state index in [-0.39, 0.29) is 12.5 Å². The Kier molecular flexibility index (Phi) is 6.07. The van der Waals surface area contributed by atoms with Crippen molar-refractivity contribution >= 4 is 5.91 Å². The summed E-state index contributed by atoms with van der Waals surface area (Å²) >= 11 is 0. The van der Waals surface area contributed by atoms with Crippen LogP contribution in [-0.2, 0) is 4.79 Å². The lowest BCUT2D eigenvalue weighted by Gasteiger charge is -2.26. The second-order valence-corrected chi connectivity index (χ2v) is 5.44.